The number of fused-ring (bicyclic) bond motifs is 1. The first kappa shape index (κ1) is 18.0. The Hall–Kier alpha value is -3.40. The van der Waals surface area contributed by atoms with Crippen LogP contribution in [-0.2, 0) is 4.79 Å². The topological polar surface area (TPSA) is 117 Å². The molecule has 0 unspecified atom stereocenters. The lowest BCUT2D eigenvalue weighted by Crippen LogP contribution is -2.22. The van der Waals surface area contributed by atoms with Crippen LogP contribution >= 0.6 is 11.8 Å². The number of amides is 1. The quantitative estimate of drug-likeness (QED) is 0.444. The van der Waals surface area contributed by atoms with Crippen LogP contribution in [0.3, 0.4) is 0 Å². The van der Waals surface area contributed by atoms with Gasteiger partial charge in [-0.25, -0.2) is 9.18 Å². The van der Waals surface area contributed by atoms with Crippen molar-refractivity contribution in [2.45, 2.75) is 17.4 Å². The molecule has 0 saturated heterocycles. The highest BCUT2D eigenvalue weighted by atomic mass is 32.2. The molecule has 0 fully saturated rings. The molecular weight excluding hydrogens is 385 g/mol. The molecule has 28 heavy (non-hydrogen) atoms. The summed E-state index contributed by atoms with van der Waals surface area (Å²) >= 11 is 1.06. The fraction of sp³-hybridized carbons (Fsp3) is 0.111. The molecule has 0 saturated carbocycles. The van der Waals surface area contributed by atoms with Gasteiger partial charge in [-0.15, -0.1) is 10.2 Å². The van der Waals surface area contributed by atoms with E-state index in [0.29, 0.717) is 16.7 Å². The molecule has 0 radical (unpaired) electrons. The van der Waals surface area contributed by atoms with E-state index in [1.165, 1.54) is 12.1 Å². The van der Waals surface area contributed by atoms with E-state index in [-0.39, 0.29) is 28.3 Å². The lowest BCUT2D eigenvalue weighted by atomic mass is 10.2. The number of halogens is 1. The van der Waals surface area contributed by atoms with Gasteiger partial charge in [0.05, 0.1) is 21.8 Å². The van der Waals surface area contributed by atoms with Gasteiger partial charge in [0.1, 0.15) is 5.82 Å². The molecule has 1 atom stereocenters. The summed E-state index contributed by atoms with van der Waals surface area (Å²) < 4.78 is 19.3. The van der Waals surface area contributed by atoms with Crippen molar-refractivity contribution in [2.24, 2.45) is 0 Å². The number of rotatable bonds is 5. The van der Waals surface area contributed by atoms with Crippen LogP contribution in [0.1, 0.15) is 6.92 Å². The summed E-state index contributed by atoms with van der Waals surface area (Å²) in [6, 6.07) is 11.1. The van der Waals surface area contributed by atoms with Crippen molar-refractivity contribution in [3.05, 3.63) is 58.8 Å². The first-order chi connectivity index (χ1) is 13.5. The molecule has 0 aliphatic heterocycles. The number of imidazole rings is 1. The van der Waals surface area contributed by atoms with Crippen molar-refractivity contribution in [1.82, 2.24) is 20.2 Å². The number of benzene rings is 2. The minimum absolute atomic E-state index is 0.0510. The molecule has 3 N–H and O–H groups in total. The third-order valence-electron chi connectivity index (χ3n) is 3.94. The Kier molecular flexibility index (Phi) is 4.70. The van der Waals surface area contributed by atoms with Crippen LogP contribution in [0.5, 0.6) is 0 Å². The van der Waals surface area contributed by atoms with E-state index in [0.717, 1.165) is 11.8 Å². The third kappa shape index (κ3) is 3.67. The molecule has 2 heterocycles. The number of thioether (sulfide) groups is 1. The van der Waals surface area contributed by atoms with Crippen molar-refractivity contribution < 1.29 is 13.6 Å². The average Bonchev–Trinajstić information content (AvgIpc) is 3.27. The lowest BCUT2D eigenvalue weighted by Gasteiger charge is -2.09. The Labute approximate surface area is 161 Å². The van der Waals surface area contributed by atoms with E-state index in [1.54, 1.807) is 37.3 Å². The summed E-state index contributed by atoms with van der Waals surface area (Å²) in [5, 5.41) is 10.1. The van der Waals surface area contributed by atoms with Gasteiger partial charge in [0.25, 0.3) is 11.1 Å². The van der Waals surface area contributed by atoms with Gasteiger partial charge < -0.3 is 19.7 Å². The van der Waals surface area contributed by atoms with E-state index >= 15 is 0 Å². The standard InChI is InChI=1S/C18H14FN5O3S/c1-9(15(25)20-10-6-7-13-14(8-10)22-17(26)21-13)28-18-24-23-16(27-18)11-4-2-3-5-12(11)19/h2-9H,1H3,(H,20,25)(H2,21,22,26)/t9-/m0/s1. The molecule has 0 aliphatic rings. The Bertz CT molecular complexity index is 1220. The van der Waals surface area contributed by atoms with Crippen LogP contribution in [0.15, 0.2) is 56.9 Å². The SMILES string of the molecule is C[C@H](Sc1nnc(-c2ccccc2F)o1)C(=O)Nc1ccc2[nH]c(=O)[nH]c2c1. The fourth-order valence-electron chi connectivity index (χ4n) is 2.56. The fourth-order valence-corrected chi connectivity index (χ4v) is 3.24. The Balaban J connectivity index is 1.44. The number of hydrogen-bond donors (Lipinski definition) is 3. The van der Waals surface area contributed by atoms with Gasteiger partial charge in [0.15, 0.2) is 0 Å². The summed E-state index contributed by atoms with van der Waals surface area (Å²) in [5.41, 5.74) is 1.67. The summed E-state index contributed by atoms with van der Waals surface area (Å²) in [7, 11) is 0. The number of carbonyl (C=O) groups is 1. The van der Waals surface area contributed by atoms with E-state index in [4.69, 9.17) is 4.42 Å². The van der Waals surface area contributed by atoms with Crippen LogP contribution in [0, 0.1) is 5.82 Å². The molecule has 8 nitrogen and oxygen atoms in total. The summed E-state index contributed by atoms with van der Waals surface area (Å²) in [6.45, 7) is 1.68. The monoisotopic (exact) mass is 399 g/mol. The van der Waals surface area contributed by atoms with Gasteiger partial charge in [-0.2, -0.15) is 0 Å². The summed E-state index contributed by atoms with van der Waals surface area (Å²) in [4.78, 5) is 29.0. The zero-order chi connectivity index (χ0) is 19.7. The molecular formula is C18H14FN5O3S. The molecule has 2 aromatic heterocycles. The Morgan fingerprint density at radius 1 is 1.18 bits per heavy atom. The predicted octanol–water partition coefficient (Wildman–Crippen LogP) is 3.16. The average molecular weight is 399 g/mol. The Morgan fingerprint density at radius 3 is 2.79 bits per heavy atom. The predicted molar refractivity (Wildman–Crippen MR) is 103 cm³/mol. The number of hydrogen-bond acceptors (Lipinski definition) is 6. The maximum absolute atomic E-state index is 13.8. The molecule has 10 heteroatoms. The smallest absolute Gasteiger partial charge is 0.323 e. The molecule has 1 amide bonds. The van der Waals surface area contributed by atoms with E-state index < -0.39 is 11.1 Å². The number of nitrogens with zero attached hydrogens (tertiary/aromatic N) is 2. The van der Waals surface area contributed by atoms with Gasteiger partial charge in [0, 0.05) is 5.69 Å². The first-order valence-electron chi connectivity index (χ1n) is 8.27. The summed E-state index contributed by atoms with van der Waals surface area (Å²) in [5.74, 6) is -0.699. The van der Waals surface area contributed by atoms with Crippen molar-refractivity contribution >= 4 is 34.4 Å². The maximum Gasteiger partial charge on any atom is 0.323 e. The normalized spacial score (nSPS) is 12.2. The highest BCUT2D eigenvalue weighted by molar-refractivity contribution is 8.00. The van der Waals surface area contributed by atoms with E-state index in [1.807, 2.05) is 0 Å². The first-order valence-corrected chi connectivity index (χ1v) is 9.15. The minimum Gasteiger partial charge on any atom is -0.411 e. The van der Waals surface area contributed by atoms with Crippen molar-refractivity contribution in [1.29, 1.82) is 0 Å². The van der Waals surface area contributed by atoms with E-state index in [9.17, 15) is 14.0 Å². The van der Waals surface area contributed by atoms with Gasteiger partial charge in [0.2, 0.25) is 5.91 Å². The zero-order valence-electron chi connectivity index (χ0n) is 14.5. The summed E-state index contributed by atoms with van der Waals surface area (Å²) in [6.07, 6.45) is 0. The van der Waals surface area contributed by atoms with Gasteiger partial charge in [-0.3, -0.25) is 4.79 Å². The second-order valence-corrected chi connectivity index (χ2v) is 7.23. The van der Waals surface area contributed by atoms with Crippen LogP contribution < -0.4 is 11.0 Å². The largest absolute Gasteiger partial charge is 0.411 e. The van der Waals surface area contributed by atoms with Crippen LogP contribution in [-0.4, -0.2) is 31.3 Å². The minimum atomic E-state index is -0.546. The van der Waals surface area contributed by atoms with Crippen LogP contribution in [0.4, 0.5) is 10.1 Å². The molecule has 4 aromatic rings. The molecule has 4 rings (SSSR count). The number of nitrogens with one attached hydrogen (secondary N) is 3. The van der Waals surface area contributed by atoms with Gasteiger partial charge >= 0.3 is 5.69 Å². The molecule has 0 aliphatic carbocycles. The number of carbonyl (C=O) groups excluding carboxylic acids is 1. The molecule has 0 spiro atoms. The third-order valence-corrected chi connectivity index (χ3v) is 4.88. The van der Waals surface area contributed by atoms with Crippen LogP contribution in [0.25, 0.3) is 22.5 Å². The highest BCUT2D eigenvalue weighted by Crippen LogP contribution is 2.28. The molecule has 0 bridgehead atoms. The Morgan fingerprint density at radius 2 is 1.96 bits per heavy atom. The van der Waals surface area contributed by atoms with Crippen molar-refractivity contribution in [2.75, 3.05) is 5.32 Å². The number of aromatic nitrogens is 4. The van der Waals surface area contributed by atoms with Crippen molar-refractivity contribution in [3.63, 3.8) is 0 Å². The molecule has 2 aromatic carbocycles. The second kappa shape index (κ2) is 7.31. The van der Waals surface area contributed by atoms with E-state index in [2.05, 4.69) is 25.5 Å². The zero-order valence-corrected chi connectivity index (χ0v) is 15.3. The van der Waals surface area contributed by atoms with Crippen molar-refractivity contribution in [3.8, 4) is 11.5 Å². The highest BCUT2D eigenvalue weighted by Gasteiger charge is 2.20. The maximum atomic E-state index is 13.8. The van der Waals surface area contributed by atoms with Gasteiger partial charge in [-0.1, -0.05) is 23.9 Å². The number of H-pyrrole nitrogens is 2. The number of aromatic amines is 2. The lowest BCUT2D eigenvalue weighted by molar-refractivity contribution is -0.115. The second-order valence-electron chi connectivity index (χ2n) is 5.94. The van der Waals surface area contributed by atoms with Crippen LogP contribution in [0.2, 0.25) is 0 Å². The number of anilines is 1. The van der Waals surface area contributed by atoms with Gasteiger partial charge in [-0.05, 0) is 37.3 Å². The molecule has 142 valence electrons.